The molecule has 7 aromatic heterocycles. The number of alkyl carbamates (subject to hydrolysis) is 4. The van der Waals surface area contributed by atoms with Crippen molar-refractivity contribution in [2.45, 2.75) is 179 Å². The fourth-order valence-electron chi connectivity index (χ4n) is 23.4. The van der Waals surface area contributed by atoms with E-state index in [0.717, 1.165) is 197 Å². The van der Waals surface area contributed by atoms with Crippen LogP contribution in [0.1, 0.15) is 191 Å². The van der Waals surface area contributed by atoms with Crippen molar-refractivity contribution in [2.75, 3.05) is 26.4 Å². The number of H-pyrrole nitrogens is 3. The van der Waals surface area contributed by atoms with Gasteiger partial charge >= 0.3 is 24.4 Å². The highest BCUT2D eigenvalue weighted by molar-refractivity contribution is 5.94. The Morgan fingerprint density at radius 2 is 0.715 bits per heavy atom. The SMILES string of the molecule is CCOC(=O)N[C@@H]1CC[C@@H]2[C@H](CC3=C(C=CC(=O)C3)[C@H]2/C=C/c2ccc(-c3cccc(F)c3)cn2)C1.CCOC(=O)N[C@@H]1CC[C@@H]2[C@H](Cc3c(cc[nH]c3=O)[C@H]2/C=C/c2ccc(-c3cccc(F)c3)cn2)C1.CCOC(=O)N[C@@H]1CC[C@@H]2[C@H](Cc3c[nH]c(=O)cc3[C@H]2/C=C/c2ccc(-c3cccc(F)c3)cn2)C1.CCOC(=O)N[C@@H]1CC[C@@H]2[C@H](Cc3cc(=O)[nH]cc3[C@H]2/C=C/c2ccc(-c3cccc(F)c3)cn2)C1. The Morgan fingerprint density at radius 3 is 1.10 bits per heavy atom. The first-order valence-corrected chi connectivity index (χ1v) is 50.4. The first-order valence-electron chi connectivity index (χ1n) is 50.4. The predicted molar refractivity (Wildman–Crippen MR) is 548 cm³/mol. The van der Waals surface area contributed by atoms with Crippen molar-refractivity contribution < 1.29 is 60.5 Å². The van der Waals surface area contributed by atoms with E-state index in [1.54, 1.807) is 101 Å². The van der Waals surface area contributed by atoms with Gasteiger partial charge < -0.3 is 55.2 Å². The summed E-state index contributed by atoms with van der Waals surface area (Å²) in [6.07, 6.45) is 46.3. The average Bonchev–Trinajstić information content (AvgIpc) is 0.770. The summed E-state index contributed by atoms with van der Waals surface area (Å²) in [5, 5.41) is 12.0. The van der Waals surface area contributed by atoms with Crippen LogP contribution in [0.25, 0.3) is 68.8 Å². The van der Waals surface area contributed by atoms with Gasteiger partial charge in [-0.3, -0.25) is 39.1 Å². The molecule has 0 radical (unpaired) electrons. The lowest BCUT2D eigenvalue weighted by Crippen LogP contribution is -2.45. The molecule has 16 atom stereocenters. The third-order valence-corrected chi connectivity index (χ3v) is 29.9. The van der Waals surface area contributed by atoms with Gasteiger partial charge in [-0.25, -0.2) is 36.7 Å². The average molecular weight is 1950 g/mol. The molecule has 9 aliphatic carbocycles. The fraction of sp³-hybridized carbons (Fsp3) is 0.350. The van der Waals surface area contributed by atoms with Crippen molar-refractivity contribution in [3.8, 4) is 44.5 Å². The summed E-state index contributed by atoms with van der Waals surface area (Å²) in [5.74, 6) is 2.66. The molecule has 744 valence electrons. The molecular weight excluding hydrogens is 1830 g/mol. The van der Waals surface area contributed by atoms with E-state index in [1.165, 1.54) is 59.7 Å². The lowest BCUT2D eigenvalue weighted by molar-refractivity contribution is -0.114. The van der Waals surface area contributed by atoms with Gasteiger partial charge in [0, 0.05) is 138 Å². The third kappa shape index (κ3) is 25.5. The van der Waals surface area contributed by atoms with Gasteiger partial charge in [0.25, 0.3) is 5.56 Å². The van der Waals surface area contributed by atoms with Gasteiger partial charge in [0.1, 0.15) is 23.3 Å². The molecule has 23 nitrogen and oxygen atoms in total. The maximum Gasteiger partial charge on any atom is 0.407 e. The molecule has 0 unspecified atom stereocenters. The van der Waals surface area contributed by atoms with Crippen LogP contribution in [0.3, 0.4) is 0 Å². The molecule has 4 amide bonds. The maximum absolute atomic E-state index is 13.6. The van der Waals surface area contributed by atoms with Crippen LogP contribution in [-0.2, 0) is 43.0 Å². The summed E-state index contributed by atoms with van der Waals surface area (Å²) in [6, 6.07) is 47.2. The van der Waals surface area contributed by atoms with E-state index in [-0.39, 0.29) is 118 Å². The molecule has 11 aromatic rings. The normalized spacial score (nSPS) is 23.7. The zero-order valence-corrected chi connectivity index (χ0v) is 81.2. The van der Waals surface area contributed by atoms with E-state index < -0.39 is 0 Å². The highest BCUT2D eigenvalue weighted by Gasteiger charge is 2.46. The number of aromatic amines is 3. The molecule has 144 heavy (non-hydrogen) atoms. The number of nitrogens with one attached hydrogen (secondary N) is 7. The van der Waals surface area contributed by atoms with Crippen LogP contribution in [0.2, 0.25) is 0 Å². The minimum atomic E-state index is -0.376. The number of hydrogen-bond acceptors (Lipinski definition) is 16. The zero-order valence-electron chi connectivity index (χ0n) is 81.2. The molecule has 9 aliphatic rings. The van der Waals surface area contributed by atoms with Crippen LogP contribution < -0.4 is 37.9 Å². The minimum absolute atomic E-state index is 0.0394. The van der Waals surface area contributed by atoms with E-state index in [0.29, 0.717) is 86.6 Å². The summed E-state index contributed by atoms with van der Waals surface area (Å²) in [7, 11) is 0. The second-order valence-corrected chi connectivity index (χ2v) is 38.8. The van der Waals surface area contributed by atoms with Gasteiger partial charge in [0.2, 0.25) is 11.1 Å². The van der Waals surface area contributed by atoms with E-state index in [4.69, 9.17) is 18.9 Å². The van der Waals surface area contributed by atoms with E-state index >= 15 is 0 Å². The number of fused-ring (bicyclic) bond motifs is 7. The Morgan fingerprint density at radius 1 is 0.361 bits per heavy atom. The smallest absolute Gasteiger partial charge is 0.407 e. The minimum Gasteiger partial charge on any atom is -0.450 e. The summed E-state index contributed by atoms with van der Waals surface area (Å²) in [5.41, 5.74) is 18.5. The van der Waals surface area contributed by atoms with Gasteiger partial charge in [0.15, 0.2) is 5.78 Å². The van der Waals surface area contributed by atoms with Crippen molar-refractivity contribution >= 4 is 54.5 Å². The molecule has 4 saturated carbocycles. The van der Waals surface area contributed by atoms with E-state index in [9.17, 15) is 55.9 Å². The second kappa shape index (κ2) is 47.4. The number of carbonyl (C=O) groups is 5. The number of allylic oxidation sites excluding steroid dienone is 8. The molecular formula is C117H121F4N11O12. The van der Waals surface area contributed by atoms with Crippen LogP contribution in [-0.4, -0.2) is 116 Å². The molecule has 0 saturated heterocycles. The monoisotopic (exact) mass is 1950 g/mol. The van der Waals surface area contributed by atoms with Crippen LogP contribution >= 0.6 is 0 Å². The van der Waals surface area contributed by atoms with Crippen LogP contribution in [0.15, 0.2) is 269 Å². The summed E-state index contributed by atoms with van der Waals surface area (Å²) in [6.45, 7) is 8.61. The number of halogens is 4. The molecule has 0 spiro atoms. The van der Waals surface area contributed by atoms with E-state index in [1.807, 2.05) is 116 Å². The number of rotatable bonds is 20. The standard InChI is InChI=1S/C30H31FN2O3.3C29H30FN3O3/c1-2-36-30(35)33-25-9-11-27-21(16-25)14-22-17-26(34)10-13-28(22)29(27)12-8-24-7-6-20(18-32-24)19-4-3-5-23(31)15-19;1-2-36-29(35)33-24-9-10-25-20(14-24)12-21-17-32-28(34)15-27(21)26(25)11-8-23-7-6-19(16-31-23)18-4-3-5-22(30)13-18;1-2-36-29(35)33-24-9-10-25-20(14-24)12-21-15-28(34)32-17-27(21)26(25)11-8-23-7-6-19(16-31-23)18-4-3-5-22(30)13-18;1-2-36-29(35)33-23-9-10-24-20(15-23)16-27-26(12-13-31-28(27)34)25(24)11-8-22-7-6-19(17-32-22)18-4-3-5-21(30)14-18/h3-8,10,12-13,15,18,21,25,27,29H,2,9,11,14,16-17H2,1H3,(H,33,35);2*3-8,11,13,15-17,20,24-26H,2,9-10,12,14H2,1H3,(H,32,34)(H,33,35);3-8,11-14,17,20,23-25H,2,9-10,15-16H2,1H3,(H,31,34)(H,33,35)/b12-8+;3*11-8+/t21-,25-,27-,29+;2*20-,24-,25-,26+;20-,23+,24+,25-/m1110/s1. The number of ketones is 1. The van der Waals surface area contributed by atoms with Crippen LogP contribution in [0, 0.1) is 76.5 Å². The van der Waals surface area contributed by atoms with Gasteiger partial charge in [-0.15, -0.1) is 0 Å². The molecule has 4 fully saturated rings. The third-order valence-electron chi connectivity index (χ3n) is 29.9. The largest absolute Gasteiger partial charge is 0.450 e. The molecule has 0 bridgehead atoms. The van der Waals surface area contributed by atoms with Gasteiger partial charge in [-0.05, 0) is 343 Å². The first kappa shape index (κ1) is 101. The van der Waals surface area contributed by atoms with E-state index in [2.05, 4.69) is 86.5 Å². The van der Waals surface area contributed by atoms with Crippen molar-refractivity contribution in [2.24, 2.45) is 53.3 Å². The number of nitrogens with zero attached hydrogens (tertiary/aromatic N) is 4. The highest BCUT2D eigenvalue weighted by atomic mass is 19.1. The van der Waals surface area contributed by atoms with Crippen molar-refractivity contribution in [3.63, 3.8) is 0 Å². The van der Waals surface area contributed by atoms with Crippen LogP contribution in [0.4, 0.5) is 36.7 Å². The topological polar surface area (TPSA) is 321 Å². The second-order valence-electron chi connectivity index (χ2n) is 38.8. The number of benzene rings is 4. The molecule has 7 N–H and O–H groups in total. The number of ether oxygens (including phenoxy) is 4. The first-order chi connectivity index (χ1) is 70.0. The quantitative estimate of drug-likeness (QED) is 0.0275. The Balaban J connectivity index is 0.000000132. The maximum atomic E-state index is 13.6. The number of pyridine rings is 7. The molecule has 7 heterocycles. The number of aromatic nitrogens is 7. The molecule has 20 rings (SSSR count). The lowest BCUT2D eigenvalue weighted by atomic mass is 9.61. The van der Waals surface area contributed by atoms with Crippen LogP contribution in [0.5, 0.6) is 0 Å². The fourth-order valence-corrected chi connectivity index (χ4v) is 23.4. The molecule has 27 heteroatoms. The Bertz CT molecular complexity index is 6690. The number of amides is 4. The Labute approximate surface area is 834 Å². The predicted octanol–water partition coefficient (Wildman–Crippen LogP) is 22.7. The van der Waals surface area contributed by atoms with Gasteiger partial charge in [-0.1, -0.05) is 109 Å². The summed E-state index contributed by atoms with van der Waals surface area (Å²) in [4.78, 5) is 124. The number of carbonyl (C=O) groups excluding carboxylic acids is 5. The Hall–Kier alpha value is -14.8. The highest BCUT2D eigenvalue weighted by Crippen LogP contribution is 2.53. The van der Waals surface area contributed by atoms with Crippen molar-refractivity contribution in [1.29, 1.82) is 0 Å². The zero-order chi connectivity index (χ0) is 100. The summed E-state index contributed by atoms with van der Waals surface area (Å²) < 4.78 is 74.6. The Kier molecular flexibility index (Phi) is 33.2. The van der Waals surface area contributed by atoms with Crippen molar-refractivity contribution in [1.82, 2.24) is 56.2 Å². The van der Waals surface area contributed by atoms with Crippen molar-refractivity contribution in [3.05, 3.63) is 365 Å². The van der Waals surface area contributed by atoms with Gasteiger partial charge in [-0.2, -0.15) is 0 Å². The number of hydrogen-bond donors (Lipinski definition) is 7. The van der Waals surface area contributed by atoms with Gasteiger partial charge in [0.05, 0.1) is 49.2 Å². The summed E-state index contributed by atoms with van der Waals surface area (Å²) >= 11 is 0. The molecule has 0 aliphatic heterocycles. The molecule has 4 aromatic carbocycles. The lowest BCUT2D eigenvalue weighted by Gasteiger charge is -2.45.